The Morgan fingerprint density at radius 1 is 1.04 bits per heavy atom. The lowest BCUT2D eigenvalue weighted by atomic mass is 10.2. The normalized spacial score (nSPS) is 9.79. The van der Waals surface area contributed by atoms with Gasteiger partial charge in [-0.25, -0.2) is 0 Å². The zero-order chi connectivity index (χ0) is 20.5. The smallest absolute Gasteiger partial charge is 0.262 e. The van der Waals surface area contributed by atoms with Gasteiger partial charge in [-0.1, -0.05) is 0 Å². The molecule has 0 atom stereocenters. The number of benzene rings is 2. The second-order valence-corrected chi connectivity index (χ2v) is 5.64. The largest absolute Gasteiger partial charge is 0.495 e. The molecule has 0 radical (unpaired) electrons. The quantitative estimate of drug-likeness (QED) is 0.725. The SMILES string of the molecule is CCOc1cc(C#N)ccc1OCC(=O)Nc1ccc(OC)c(NC(C)=O)c1. The van der Waals surface area contributed by atoms with Gasteiger partial charge in [0.25, 0.3) is 5.91 Å². The van der Waals surface area contributed by atoms with E-state index in [1.54, 1.807) is 36.4 Å². The number of nitrogens with one attached hydrogen (secondary N) is 2. The van der Waals surface area contributed by atoms with E-state index in [1.807, 2.05) is 13.0 Å². The maximum Gasteiger partial charge on any atom is 0.262 e. The van der Waals surface area contributed by atoms with Crippen molar-refractivity contribution in [1.82, 2.24) is 0 Å². The predicted octanol–water partition coefficient (Wildman–Crippen LogP) is 2.94. The molecule has 0 unspecified atom stereocenters. The van der Waals surface area contributed by atoms with Gasteiger partial charge in [0, 0.05) is 18.7 Å². The Kier molecular flexibility index (Phi) is 7.22. The summed E-state index contributed by atoms with van der Waals surface area (Å²) in [6.07, 6.45) is 0. The van der Waals surface area contributed by atoms with Crippen molar-refractivity contribution in [3.05, 3.63) is 42.0 Å². The molecule has 0 aliphatic carbocycles. The molecule has 0 saturated heterocycles. The van der Waals surface area contributed by atoms with Gasteiger partial charge in [-0.05, 0) is 37.3 Å². The van der Waals surface area contributed by atoms with E-state index in [2.05, 4.69) is 10.6 Å². The van der Waals surface area contributed by atoms with Crippen LogP contribution >= 0.6 is 0 Å². The molecule has 0 aliphatic heterocycles. The van der Waals surface area contributed by atoms with E-state index < -0.39 is 5.91 Å². The molecule has 2 aromatic rings. The number of nitrogens with zero attached hydrogens (tertiary/aromatic N) is 1. The van der Waals surface area contributed by atoms with Gasteiger partial charge >= 0.3 is 0 Å². The molecule has 8 heteroatoms. The monoisotopic (exact) mass is 383 g/mol. The van der Waals surface area contributed by atoms with Crippen LogP contribution in [0.4, 0.5) is 11.4 Å². The molecule has 0 aliphatic rings. The number of rotatable bonds is 8. The van der Waals surface area contributed by atoms with Crippen LogP contribution in [-0.2, 0) is 9.59 Å². The first-order valence-corrected chi connectivity index (χ1v) is 8.52. The lowest BCUT2D eigenvalue weighted by Gasteiger charge is -2.13. The van der Waals surface area contributed by atoms with Crippen molar-refractivity contribution in [1.29, 1.82) is 5.26 Å². The number of amides is 2. The highest BCUT2D eigenvalue weighted by molar-refractivity contribution is 5.95. The van der Waals surface area contributed by atoms with Gasteiger partial charge in [0.2, 0.25) is 5.91 Å². The molecule has 0 heterocycles. The van der Waals surface area contributed by atoms with Crippen molar-refractivity contribution in [2.24, 2.45) is 0 Å². The van der Waals surface area contributed by atoms with E-state index in [1.165, 1.54) is 14.0 Å². The van der Waals surface area contributed by atoms with Crippen LogP contribution in [0.3, 0.4) is 0 Å². The van der Waals surface area contributed by atoms with Crippen LogP contribution in [0, 0.1) is 11.3 Å². The topological polar surface area (TPSA) is 110 Å². The van der Waals surface area contributed by atoms with Gasteiger partial charge in [0.1, 0.15) is 5.75 Å². The van der Waals surface area contributed by atoms with E-state index >= 15 is 0 Å². The summed E-state index contributed by atoms with van der Waals surface area (Å²) < 4.78 is 16.1. The van der Waals surface area contributed by atoms with Crippen LogP contribution in [0.5, 0.6) is 17.2 Å². The summed E-state index contributed by atoms with van der Waals surface area (Å²) in [6, 6.07) is 11.6. The lowest BCUT2D eigenvalue weighted by Crippen LogP contribution is -2.20. The van der Waals surface area contributed by atoms with Crippen LogP contribution in [-0.4, -0.2) is 32.1 Å². The average molecular weight is 383 g/mol. The van der Waals surface area contributed by atoms with E-state index in [9.17, 15) is 9.59 Å². The van der Waals surface area contributed by atoms with Gasteiger partial charge in [-0.2, -0.15) is 5.26 Å². The second kappa shape index (κ2) is 9.83. The molecule has 0 fully saturated rings. The standard InChI is InChI=1S/C20H21N3O5/c1-4-27-19-9-14(11-21)5-7-18(19)28-12-20(25)23-15-6-8-17(26-3)16(10-15)22-13(2)24/h5-10H,4,12H2,1-3H3,(H,22,24)(H,23,25). The van der Waals surface area contributed by atoms with E-state index in [-0.39, 0.29) is 12.5 Å². The zero-order valence-corrected chi connectivity index (χ0v) is 15.9. The fourth-order valence-corrected chi connectivity index (χ4v) is 2.38. The molecule has 2 aromatic carbocycles. The second-order valence-electron chi connectivity index (χ2n) is 5.64. The average Bonchev–Trinajstić information content (AvgIpc) is 2.67. The summed E-state index contributed by atoms with van der Waals surface area (Å²) in [6.45, 7) is 3.33. The number of anilines is 2. The molecule has 0 saturated carbocycles. The first kappa shape index (κ1) is 20.6. The minimum atomic E-state index is -0.397. The van der Waals surface area contributed by atoms with Crippen LogP contribution in [0.25, 0.3) is 0 Å². The summed E-state index contributed by atoms with van der Waals surface area (Å²) in [7, 11) is 1.49. The Balaban J connectivity index is 2.05. The predicted molar refractivity (Wildman–Crippen MR) is 104 cm³/mol. The fourth-order valence-electron chi connectivity index (χ4n) is 2.38. The van der Waals surface area contributed by atoms with Gasteiger partial charge in [-0.3, -0.25) is 9.59 Å². The van der Waals surface area contributed by atoms with E-state index in [0.717, 1.165) is 0 Å². The molecule has 146 valence electrons. The number of carbonyl (C=O) groups excluding carboxylic acids is 2. The Morgan fingerprint density at radius 2 is 1.79 bits per heavy atom. The number of hydrogen-bond acceptors (Lipinski definition) is 6. The lowest BCUT2D eigenvalue weighted by molar-refractivity contribution is -0.118. The Bertz CT molecular complexity index is 905. The highest BCUT2D eigenvalue weighted by atomic mass is 16.5. The molecule has 28 heavy (non-hydrogen) atoms. The molecular weight excluding hydrogens is 362 g/mol. The number of carbonyl (C=O) groups is 2. The Morgan fingerprint density at radius 3 is 2.43 bits per heavy atom. The number of methoxy groups -OCH3 is 1. The van der Waals surface area contributed by atoms with Crippen molar-refractivity contribution < 1.29 is 23.8 Å². The summed E-state index contributed by atoms with van der Waals surface area (Å²) in [4.78, 5) is 23.5. The first-order valence-electron chi connectivity index (χ1n) is 8.52. The Labute approximate surface area is 163 Å². The van der Waals surface area contributed by atoms with Crippen LogP contribution < -0.4 is 24.8 Å². The zero-order valence-electron chi connectivity index (χ0n) is 15.9. The minimum Gasteiger partial charge on any atom is -0.495 e. The van der Waals surface area contributed by atoms with Crippen LogP contribution in [0.1, 0.15) is 19.4 Å². The van der Waals surface area contributed by atoms with Crippen molar-refractivity contribution >= 4 is 23.2 Å². The molecule has 0 aromatic heterocycles. The Hall–Kier alpha value is -3.73. The number of nitriles is 1. The van der Waals surface area contributed by atoms with E-state index in [0.29, 0.717) is 40.8 Å². The molecule has 0 spiro atoms. The maximum absolute atomic E-state index is 12.2. The third-order valence-electron chi connectivity index (χ3n) is 3.53. The van der Waals surface area contributed by atoms with E-state index in [4.69, 9.17) is 19.5 Å². The number of hydrogen-bond donors (Lipinski definition) is 2. The van der Waals surface area contributed by atoms with Crippen molar-refractivity contribution in [3.8, 4) is 23.3 Å². The van der Waals surface area contributed by atoms with Crippen molar-refractivity contribution in [2.75, 3.05) is 31.0 Å². The molecule has 2 N–H and O–H groups in total. The summed E-state index contributed by atoms with van der Waals surface area (Å²) in [5.41, 5.74) is 1.35. The molecule has 0 bridgehead atoms. The van der Waals surface area contributed by atoms with Crippen molar-refractivity contribution in [2.45, 2.75) is 13.8 Å². The van der Waals surface area contributed by atoms with Gasteiger partial charge in [-0.15, -0.1) is 0 Å². The highest BCUT2D eigenvalue weighted by Gasteiger charge is 2.11. The summed E-state index contributed by atoms with van der Waals surface area (Å²) in [5, 5.41) is 14.3. The maximum atomic E-state index is 12.2. The third kappa shape index (κ3) is 5.64. The van der Waals surface area contributed by atoms with Gasteiger partial charge in [0.05, 0.1) is 31.0 Å². The fraction of sp³-hybridized carbons (Fsp3) is 0.250. The molecule has 8 nitrogen and oxygen atoms in total. The molecule has 2 rings (SSSR count). The van der Waals surface area contributed by atoms with Gasteiger partial charge < -0.3 is 24.8 Å². The minimum absolute atomic E-state index is 0.255. The van der Waals surface area contributed by atoms with Crippen molar-refractivity contribution in [3.63, 3.8) is 0 Å². The summed E-state index contributed by atoms with van der Waals surface area (Å²) >= 11 is 0. The first-order chi connectivity index (χ1) is 13.5. The van der Waals surface area contributed by atoms with Crippen LogP contribution in [0.15, 0.2) is 36.4 Å². The third-order valence-corrected chi connectivity index (χ3v) is 3.53. The van der Waals surface area contributed by atoms with Crippen LogP contribution in [0.2, 0.25) is 0 Å². The molecular formula is C20H21N3O5. The highest BCUT2D eigenvalue weighted by Crippen LogP contribution is 2.29. The number of ether oxygens (including phenoxy) is 3. The van der Waals surface area contributed by atoms with Gasteiger partial charge in [0.15, 0.2) is 18.1 Å². The molecule has 2 amide bonds. The summed E-state index contributed by atoms with van der Waals surface area (Å²) in [5.74, 6) is 0.583.